The molecule has 2 aliphatic carbocycles. The molecular formula is C22H30N4O. The molecule has 1 saturated heterocycles. The van der Waals surface area contributed by atoms with E-state index in [4.69, 9.17) is 4.74 Å². The second-order valence-electron chi connectivity index (χ2n) is 8.41. The summed E-state index contributed by atoms with van der Waals surface area (Å²) in [7, 11) is 1.88. The van der Waals surface area contributed by atoms with Gasteiger partial charge in [0.2, 0.25) is 0 Å². The lowest BCUT2D eigenvalue weighted by molar-refractivity contribution is -0.125. The van der Waals surface area contributed by atoms with Gasteiger partial charge >= 0.3 is 0 Å². The predicted octanol–water partition coefficient (Wildman–Crippen LogP) is 3.22. The van der Waals surface area contributed by atoms with Crippen molar-refractivity contribution in [1.82, 2.24) is 15.6 Å². The molecule has 3 N–H and O–H groups in total. The summed E-state index contributed by atoms with van der Waals surface area (Å²) in [5, 5.41) is 8.63. The van der Waals surface area contributed by atoms with Gasteiger partial charge in [-0.05, 0) is 37.3 Å². The molecule has 3 aliphatic rings. The van der Waals surface area contributed by atoms with Crippen molar-refractivity contribution < 1.29 is 4.74 Å². The van der Waals surface area contributed by atoms with Gasteiger partial charge in [-0.25, -0.2) is 0 Å². The Kier molecular flexibility index (Phi) is 4.35. The molecule has 1 aromatic carbocycles. The number of benzene rings is 1. The van der Waals surface area contributed by atoms with Crippen LogP contribution in [-0.2, 0) is 11.2 Å². The van der Waals surface area contributed by atoms with Crippen LogP contribution in [0.15, 0.2) is 35.5 Å². The first-order valence-electron chi connectivity index (χ1n) is 10.5. The molecular weight excluding hydrogens is 336 g/mol. The normalized spacial score (nSPS) is 29.1. The smallest absolute Gasteiger partial charge is 0.191 e. The summed E-state index contributed by atoms with van der Waals surface area (Å²) in [6.45, 7) is 1.81. The Morgan fingerprint density at radius 2 is 2.15 bits per heavy atom. The molecule has 5 heteroatoms. The number of aromatic nitrogens is 1. The highest BCUT2D eigenvalue weighted by Crippen LogP contribution is 2.60. The number of aliphatic imine (C=N–C) groups is 1. The van der Waals surface area contributed by atoms with E-state index in [0.717, 1.165) is 25.5 Å². The summed E-state index contributed by atoms with van der Waals surface area (Å²) in [6, 6.07) is 9.01. The summed E-state index contributed by atoms with van der Waals surface area (Å²) in [6.07, 6.45) is 10.1. The van der Waals surface area contributed by atoms with Crippen molar-refractivity contribution in [3.05, 3.63) is 36.0 Å². The highest BCUT2D eigenvalue weighted by atomic mass is 16.5. The Morgan fingerprint density at radius 3 is 3.00 bits per heavy atom. The average molecular weight is 367 g/mol. The third kappa shape index (κ3) is 2.75. The van der Waals surface area contributed by atoms with Crippen molar-refractivity contribution in [1.29, 1.82) is 0 Å². The number of hydrogen-bond acceptors (Lipinski definition) is 2. The molecule has 2 saturated carbocycles. The quantitative estimate of drug-likeness (QED) is 0.575. The van der Waals surface area contributed by atoms with Gasteiger partial charge < -0.3 is 20.4 Å². The molecule has 1 aliphatic heterocycles. The molecule has 27 heavy (non-hydrogen) atoms. The van der Waals surface area contributed by atoms with Gasteiger partial charge in [-0.2, -0.15) is 0 Å². The molecule has 3 fully saturated rings. The third-order valence-electron chi connectivity index (χ3n) is 7.16. The number of aromatic amines is 1. The first-order chi connectivity index (χ1) is 13.3. The van der Waals surface area contributed by atoms with Crippen LogP contribution in [0.2, 0.25) is 0 Å². The average Bonchev–Trinajstić information content (AvgIpc) is 3.43. The van der Waals surface area contributed by atoms with E-state index in [1.54, 1.807) is 0 Å². The topological polar surface area (TPSA) is 61.4 Å². The SMILES string of the molecule is CN=C(NCCc1c[nH]c2ccccc12)NC1C2CCOC2C12CCCC2. The Morgan fingerprint density at radius 1 is 1.30 bits per heavy atom. The van der Waals surface area contributed by atoms with E-state index in [9.17, 15) is 0 Å². The van der Waals surface area contributed by atoms with Gasteiger partial charge in [0, 0.05) is 54.7 Å². The molecule has 0 amide bonds. The standard InChI is InChI=1S/C22H30N4O/c1-23-21(24-12-8-15-14-25-18-7-3-2-6-16(15)18)26-19-17-9-13-27-20(17)22(19)10-4-5-11-22/h2-3,6-7,14,17,19-20,25H,4-5,8-13H2,1H3,(H2,23,24,26). The van der Waals surface area contributed by atoms with Gasteiger partial charge in [0.1, 0.15) is 0 Å². The molecule has 5 nitrogen and oxygen atoms in total. The van der Waals surface area contributed by atoms with Gasteiger partial charge in [0.15, 0.2) is 5.96 Å². The highest BCUT2D eigenvalue weighted by molar-refractivity contribution is 5.83. The highest BCUT2D eigenvalue weighted by Gasteiger charge is 2.65. The van der Waals surface area contributed by atoms with E-state index in [0.29, 0.717) is 23.5 Å². The summed E-state index contributed by atoms with van der Waals surface area (Å²) in [5.74, 6) is 1.60. The third-order valence-corrected chi connectivity index (χ3v) is 7.16. The van der Waals surface area contributed by atoms with Crippen LogP contribution in [0, 0.1) is 11.3 Å². The predicted molar refractivity (Wildman–Crippen MR) is 109 cm³/mol. The Balaban J connectivity index is 1.21. The minimum Gasteiger partial charge on any atom is -0.377 e. The van der Waals surface area contributed by atoms with Crippen LogP contribution in [0.5, 0.6) is 0 Å². The second-order valence-corrected chi connectivity index (χ2v) is 8.41. The molecule has 1 aromatic heterocycles. The zero-order valence-corrected chi connectivity index (χ0v) is 16.1. The molecule has 0 bridgehead atoms. The second kappa shape index (κ2) is 6.86. The summed E-state index contributed by atoms with van der Waals surface area (Å²) >= 11 is 0. The van der Waals surface area contributed by atoms with Gasteiger partial charge in [-0.1, -0.05) is 31.0 Å². The molecule has 0 radical (unpaired) electrons. The van der Waals surface area contributed by atoms with Crippen LogP contribution in [0.4, 0.5) is 0 Å². The number of guanidine groups is 1. The van der Waals surface area contributed by atoms with Gasteiger partial charge in [0.25, 0.3) is 0 Å². The first kappa shape index (κ1) is 17.1. The molecule has 5 rings (SSSR count). The van der Waals surface area contributed by atoms with Crippen molar-refractivity contribution in [2.45, 2.75) is 50.7 Å². The maximum atomic E-state index is 6.10. The molecule has 144 valence electrons. The Hall–Kier alpha value is -2.01. The van der Waals surface area contributed by atoms with Crippen molar-refractivity contribution in [3.8, 4) is 0 Å². The van der Waals surface area contributed by atoms with Gasteiger partial charge in [-0.15, -0.1) is 0 Å². The minimum absolute atomic E-state index is 0.357. The zero-order valence-electron chi connectivity index (χ0n) is 16.1. The molecule has 2 aromatic rings. The van der Waals surface area contributed by atoms with Crippen LogP contribution in [0.3, 0.4) is 0 Å². The number of H-pyrrole nitrogens is 1. The van der Waals surface area contributed by atoms with Crippen LogP contribution >= 0.6 is 0 Å². The summed E-state index contributed by atoms with van der Waals surface area (Å²) in [4.78, 5) is 7.87. The maximum Gasteiger partial charge on any atom is 0.191 e. The minimum atomic E-state index is 0.357. The van der Waals surface area contributed by atoms with E-state index in [-0.39, 0.29) is 0 Å². The number of para-hydroxylation sites is 1. The Bertz CT molecular complexity index is 836. The molecule has 3 atom stereocenters. The van der Waals surface area contributed by atoms with Crippen LogP contribution in [-0.4, -0.2) is 43.3 Å². The first-order valence-corrected chi connectivity index (χ1v) is 10.5. The van der Waals surface area contributed by atoms with E-state index < -0.39 is 0 Å². The molecule has 3 unspecified atom stereocenters. The maximum absolute atomic E-state index is 6.10. The van der Waals surface area contributed by atoms with Crippen LogP contribution in [0.1, 0.15) is 37.7 Å². The monoisotopic (exact) mass is 366 g/mol. The number of rotatable bonds is 4. The largest absolute Gasteiger partial charge is 0.377 e. The van der Waals surface area contributed by atoms with E-state index in [1.165, 1.54) is 48.6 Å². The van der Waals surface area contributed by atoms with E-state index in [1.807, 2.05) is 7.05 Å². The summed E-state index contributed by atoms with van der Waals surface area (Å²) in [5.41, 5.74) is 2.92. The fraction of sp³-hybridized carbons (Fsp3) is 0.591. The van der Waals surface area contributed by atoms with Crippen molar-refractivity contribution in [2.75, 3.05) is 20.2 Å². The van der Waals surface area contributed by atoms with Crippen molar-refractivity contribution >= 4 is 16.9 Å². The van der Waals surface area contributed by atoms with Crippen LogP contribution in [0.25, 0.3) is 10.9 Å². The molecule has 2 heterocycles. The Labute approximate surface area is 161 Å². The molecule has 1 spiro atoms. The lowest BCUT2D eigenvalue weighted by atomic mass is 9.54. The van der Waals surface area contributed by atoms with Crippen molar-refractivity contribution in [2.24, 2.45) is 16.3 Å². The van der Waals surface area contributed by atoms with E-state index >= 15 is 0 Å². The van der Waals surface area contributed by atoms with Crippen LogP contribution < -0.4 is 10.6 Å². The van der Waals surface area contributed by atoms with E-state index in [2.05, 4.69) is 51.1 Å². The number of hydrogen-bond donors (Lipinski definition) is 3. The number of nitrogens with zero attached hydrogens (tertiary/aromatic N) is 1. The zero-order chi connectivity index (χ0) is 18.3. The lowest BCUT2D eigenvalue weighted by Crippen LogP contribution is -2.69. The van der Waals surface area contributed by atoms with Gasteiger partial charge in [0.05, 0.1) is 6.10 Å². The number of nitrogens with one attached hydrogen (secondary N) is 3. The summed E-state index contributed by atoms with van der Waals surface area (Å²) < 4.78 is 6.10. The van der Waals surface area contributed by atoms with Crippen molar-refractivity contribution in [3.63, 3.8) is 0 Å². The number of fused-ring (bicyclic) bond motifs is 3. The number of ether oxygens (including phenoxy) is 1. The fourth-order valence-corrected chi connectivity index (χ4v) is 5.90. The van der Waals surface area contributed by atoms with Gasteiger partial charge in [-0.3, -0.25) is 4.99 Å². The lowest BCUT2D eigenvalue weighted by Gasteiger charge is -2.57. The fourth-order valence-electron chi connectivity index (χ4n) is 5.90.